The molecule has 3 nitrogen and oxygen atoms in total. The van der Waals surface area contributed by atoms with Crippen LogP contribution in [0.3, 0.4) is 0 Å². The number of halogens is 2. The van der Waals surface area contributed by atoms with Crippen molar-refractivity contribution in [3.05, 3.63) is 64.4 Å². The van der Waals surface area contributed by atoms with Crippen LogP contribution in [0.4, 0.5) is 10.1 Å². The number of rotatable bonds is 4. The molecule has 0 saturated heterocycles. The molecule has 21 heavy (non-hydrogen) atoms. The monoisotopic (exact) mass is 306 g/mol. The number of nitrogens with one attached hydrogen (secondary N) is 1. The molecule has 1 amide bonds. The molecule has 0 spiro atoms. The van der Waals surface area contributed by atoms with Crippen LogP contribution in [0, 0.1) is 5.82 Å². The van der Waals surface area contributed by atoms with Gasteiger partial charge < -0.3 is 10.2 Å². The lowest BCUT2D eigenvalue weighted by atomic mass is 10.1. The van der Waals surface area contributed by atoms with E-state index in [9.17, 15) is 9.18 Å². The topological polar surface area (TPSA) is 32.3 Å². The zero-order chi connectivity index (χ0) is 15.4. The molecule has 2 rings (SSSR count). The van der Waals surface area contributed by atoms with Crippen LogP contribution in [0.15, 0.2) is 42.5 Å². The molecule has 0 unspecified atom stereocenters. The fourth-order valence-electron chi connectivity index (χ4n) is 1.87. The van der Waals surface area contributed by atoms with Gasteiger partial charge in [-0.2, -0.15) is 0 Å². The second kappa shape index (κ2) is 6.59. The Bertz CT molecular complexity index is 641. The van der Waals surface area contributed by atoms with Crippen molar-refractivity contribution in [2.45, 2.75) is 6.54 Å². The van der Waals surface area contributed by atoms with E-state index in [0.717, 1.165) is 5.69 Å². The van der Waals surface area contributed by atoms with Gasteiger partial charge in [0.2, 0.25) is 0 Å². The Hall–Kier alpha value is -2.07. The highest BCUT2D eigenvalue weighted by atomic mass is 35.5. The van der Waals surface area contributed by atoms with Crippen molar-refractivity contribution in [1.29, 1.82) is 0 Å². The zero-order valence-corrected chi connectivity index (χ0v) is 12.6. The summed E-state index contributed by atoms with van der Waals surface area (Å²) in [7, 11) is 3.41. The Labute approximate surface area is 128 Å². The summed E-state index contributed by atoms with van der Waals surface area (Å²) in [5.41, 5.74) is 1.92. The third kappa shape index (κ3) is 3.73. The number of nitrogens with zero attached hydrogens (tertiary/aromatic N) is 1. The van der Waals surface area contributed by atoms with Gasteiger partial charge in [0.1, 0.15) is 5.82 Å². The van der Waals surface area contributed by atoms with E-state index in [1.807, 2.05) is 0 Å². The lowest BCUT2D eigenvalue weighted by Crippen LogP contribution is -2.21. The van der Waals surface area contributed by atoms with Crippen LogP contribution in [0.5, 0.6) is 0 Å². The number of hydrogen-bond donors (Lipinski definition) is 1. The van der Waals surface area contributed by atoms with Crippen molar-refractivity contribution >= 4 is 23.2 Å². The number of benzene rings is 2. The summed E-state index contributed by atoms with van der Waals surface area (Å²) in [6.45, 7) is 0.327. The highest BCUT2D eigenvalue weighted by Gasteiger charge is 2.08. The summed E-state index contributed by atoms with van der Waals surface area (Å²) in [6, 6.07) is 12.0. The molecule has 2 aromatic rings. The quantitative estimate of drug-likeness (QED) is 0.932. The molecule has 0 aromatic heterocycles. The second-order valence-corrected chi connectivity index (χ2v) is 5.25. The van der Waals surface area contributed by atoms with Gasteiger partial charge in [0.05, 0.1) is 5.02 Å². The number of carbonyl (C=O) groups excluding carboxylic acids is 1. The van der Waals surface area contributed by atoms with Gasteiger partial charge in [-0.3, -0.25) is 4.79 Å². The summed E-state index contributed by atoms with van der Waals surface area (Å²) in [5.74, 6) is -0.464. The minimum atomic E-state index is -0.411. The molecular formula is C16H16ClFN2O. The fraction of sp³-hybridized carbons (Fsp3) is 0.188. The molecular weight excluding hydrogens is 291 g/mol. The lowest BCUT2D eigenvalue weighted by Gasteiger charge is -2.11. The van der Waals surface area contributed by atoms with Crippen LogP contribution < -0.4 is 5.32 Å². The Morgan fingerprint density at radius 1 is 1.19 bits per heavy atom. The Morgan fingerprint density at radius 3 is 2.48 bits per heavy atom. The molecule has 0 radical (unpaired) electrons. The fourth-order valence-corrected chi connectivity index (χ4v) is 2.07. The summed E-state index contributed by atoms with van der Waals surface area (Å²) in [6.07, 6.45) is 0. The van der Waals surface area contributed by atoms with Gasteiger partial charge in [-0.1, -0.05) is 23.7 Å². The molecule has 0 aliphatic heterocycles. The van der Waals surface area contributed by atoms with Crippen LogP contribution in [0.2, 0.25) is 5.02 Å². The van der Waals surface area contributed by atoms with Gasteiger partial charge in [-0.05, 0) is 30.3 Å². The molecule has 110 valence electrons. The summed E-state index contributed by atoms with van der Waals surface area (Å²) in [5, 5.41) is 3.21. The van der Waals surface area contributed by atoms with Crippen molar-refractivity contribution < 1.29 is 9.18 Å². The normalized spacial score (nSPS) is 10.3. The summed E-state index contributed by atoms with van der Waals surface area (Å²) < 4.78 is 13.7. The number of amides is 1. The predicted molar refractivity (Wildman–Crippen MR) is 83.2 cm³/mol. The van der Waals surface area contributed by atoms with Gasteiger partial charge in [0.25, 0.3) is 5.91 Å². The Kier molecular flexibility index (Phi) is 4.81. The highest BCUT2D eigenvalue weighted by Crippen LogP contribution is 2.19. The summed E-state index contributed by atoms with van der Waals surface area (Å²) in [4.78, 5) is 13.3. The molecule has 1 N–H and O–H groups in total. The van der Waals surface area contributed by atoms with Crippen LogP contribution in [0.1, 0.15) is 15.9 Å². The van der Waals surface area contributed by atoms with E-state index in [4.69, 9.17) is 11.6 Å². The smallest absolute Gasteiger partial charge is 0.253 e. The summed E-state index contributed by atoms with van der Waals surface area (Å²) >= 11 is 5.74. The number of anilines is 1. The average Bonchev–Trinajstić information content (AvgIpc) is 2.48. The largest absolute Gasteiger partial charge is 0.381 e. The van der Waals surface area contributed by atoms with Crippen molar-refractivity contribution in [2.24, 2.45) is 0 Å². The first-order valence-electron chi connectivity index (χ1n) is 6.47. The van der Waals surface area contributed by atoms with E-state index in [-0.39, 0.29) is 10.9 Å². The standard InChI is InChI=1S/C16H16ClFN2O/c1-20(2)16(21)11-6-8-13(9-7-11)19-10-12-4-3-5-14(17)15(12)18/h3-9,19H,10H2,1-2H3. The van der Waals surface area contributed by atoms with E-state index in [2.05, 4.69) is 5.32 Å². The Balaban J connectivity index is 2.04. The van der Waals surface area contributed by atoms with Crippen LogP contribution in [0.25, 0.3) is 0 Å². The van der Waals surface area contributed by atoms with E-state index >= 15 is 0 Å². The molecule has 0 bridgehead atoms. The van der Waals surface area contributed by atoms with E-state index < -0.39 is 5.82 Å². The predicted octanol–water partition coefficient (Wildman–Crippen LogP) is 3.79. The molecule has 0 atom stereocenters. The van der Waals surface area contributed by atoms with Crippen molar-refractivity contribution in [3.8, 4) is 0 Å². The van der Waals surface area contributed by atoms with Crippen LogP contribution in [-0.2, 0) is 6.54 Å². The van der Waals surface area contributed by atoms with Gasteiger partial charge in [-0.15, -0.1) is 0 Å². The molecule has 0 aliphatic carbocycles. The number of carbonyl (C=O) groups is 1. The van der Waals surface area contributed by atoms with Gasteiger partial charge in [0, 0.05) is 37.5 Å². The average molecular weight is 307 g/mol. The SMILES string of the molecule is CN(C)C(=O)c1ccc(NCc2cccc(Cl)c2F)cc1. The maximum atomic E-state index is 13.7. The first-order chi connectivity index (χ1) is 9.99. The first-order valence-corrected chi connectivity index (χ1v) is 6.85. The molecule has 5 heteroatoms. The van der Waals surface area contributed by atoms with Crippen LogP contribution >= 0.6 is 11.6 Å². The van der Waals surface area contributed by atoms with Crippen LogP contribution in [-0.4, -0.2) is 24.9 Å². The van der Waals surface area contributed by atoms with Crippen molar-refractivity contribution in [2.75, 3.05) is 19.4 Å². The maximum Gasteiger partial charge on any atom is 0.253 e. The highest BCUT2D eigenvalue weighted by molar-refractivity contribution is 6.30. The second-order valence-electron chi connectivity index (χ2n) is 4.84. The lowest BCUT2D eigenvalue weighted by molar-refractivity contribution is 0.0827. The molecule has 0 saturated carbocycles. The maximum absolute atomic E-state index is 13.7. The minimum absolute atomic E-state index is 0.0533. The van der Waals surface area contributed by atoms with Gasteiger partial charge in [0.15, 0.2) is 0 Å². The van der Waals surface area contributed by atoms with Crippen molar-refractivity contribution in [1.82, 2.24) is 4.90 Å². The third-order valence-corrected chi connectivity index (χ3v) is 3.34. The third-order valence-electron chi connectivity index (χ3n) is 3.05. The molecule has 0 aliphatic rings. The van der Waals surface area contributed by atoms with E-state index in [0.29, 0.717) is 17.7 Å². The van der Waals surface area contributed by atoms with Gasteiger partial charge >= 0.3 is 0 Å². The van der Waals surface area contributed by atoms with Gasteiger partial charge in [-0.25, -0.2) is 4.39 Å². The molecule has 0 heterocycles. The minimum Gasteiger partial charge on any atom is -0.381 e. The first kappa shape index (κ1) is 15.3. The zero-order valence-electron chi connectivity index (χ0n) is 11.9. The molecule has 2 aromatic carbocycles. The van der Waals surface area contributed by atoms with Crippen molar-refractivity contribution in [3.63, 3.8) is 0 Å². The molecule has 0 fully saturated rings. The van der Waals surface area contributed by atoms with E-state index in [1.165, 1.54) is 11.0 Å². The Morgan fingerprint density at radius 2 is 1.86 bits per heavy atom. The van der Waals surface area contributed by atoms with E-state index in [1.54, 1.807) is 50.5 Å². The number of hydrogen-bond acceptors (Lipinski definition) is 2.